The largest absolute Gasteiger partial charge is 0.383 e. The van der Waals surface area contributed by atoms with Crippen LogP contribution in [0.4, 0.5) is 0 Å². The fourth-order valence-corrected chi connectivity index (χ4v) is 1.64. The first kappa shape index (κ1) is 19.0. The average molecular weight is 267 g/mol. The van der Waals surface area contributed by atoms with Crippen molar-refractivity contribution < 1.29 is 9.53 Å². The maximum absolute atomic E-state index is 12.1. The van der Waals surface area contributed by atoms with Gasteiger partial charge in [0, 0.05) is 32.7 Å². The first-order valence-corrected chi connectivity index (χ1v) is 5.95. The van der Waals surface area contributed by atoms with Crippen LogP contribution in [0.3, 0.4) is 0 Å². The number of nitrogens with zero attached hydrogens (tertiary/aromatic N) is 1. The summed E-state index contributed by atoms with van der Waals surface area (Å²) in [6, 6.07) is 0. The van der Waals surface area contributed by atoms with Crippen molar-refractivity contribution >= 4 is 18.3 Å². The van der Waals surface area contributed by atoms with Crippen LogP contribution in [0.2, 0.25) is 0 Å². The molecule has 0 aromatic carbocycles. The molecule has 0 radical (unpaired) electrons. The van der Waals surface area contributed by atoms with E-state index in [-0.39, 0.29) is 24.2 Å². The Morgan fingerprint density at radius 2 is 1.94 bits per heavy atom. The maximum Gasteiger partial charge on any atom is 0.226 e. The van der Waals surface area contributed by atoms with Gasteiger partial charge in [0.25, 0.3) is 0 Å². The zero-order valence-electron chi connectivity index (χ0n) is 11.7. The van der Waals surface area contributed by atoms with Crippen molar-refractivity contribution in [3.63, 3.8) is 0 Å². The summed E-state index contributed by atoms with van der Waals surface area (Å²) in [5.74, 6) is 0.725. The van der Waals surface area contributed by atoms with Crippen molar-refractivity contribution in [2.45, 2.75) is 20.8 Å². The molecule has 0 aliphatic rings. The van der Waals surface area contributed by atoms with Gasteiger partial charge in [0.2, 0.25) is 5.91 Å². The number of carbonyl (C=O) groups excluding carboxylic acids is 1. The van der Waals surface area contributed by atoms with Gasteiger partial charge in [-0.2, -0.15) is 0 Å². The van der Waals surface area contributed by atoms with Crippen molar-refractivity contribution in [3.05, 3.63) is 0 Å². The summed E-state index contributed by atoms with van der Waals surface area (Å²) in [5, 5.41) is 3.03. The lowest BCUT2D eigenvalue weighted by Crippen LogP contribution is -2.42. The molecule has 1 N–H and O–H groups in total. The van der Waals surface area contributed by atoms with Gasteiger partial charge in [0.05, 0.1) is 6.61 Å². The standard InChI is InChI=1S/C12H26N2O2.ClH/c1-10(2)9-14(6-7-16-5)12(15)11(3)8-13-4;/h10-11,13H,6-9H2,1-5H3;1H. The predicted octanol–water partition coefficient (Wildman–Crippen LogP) is 1.39. The summed E-state index contributed by atoms with van der Waals surface area (Å²) in [7, 11) is 3.53. The Bertz CT molecular complexity index is 201. The van der Waals surface area contributed by atoms with E-state index in [0.29, 0.717) is 19.1 Å². The molecule has 0 fully saturated rings. The number of hydrogen-bond acceptors (Lipinski definition) is 3. The van der Waals surface area contributed by atoms with Crippen molar-refractivity contribution in [1.29, 1.82) is 0 Å². The molecule has 1 unspecified atom stereocenters. The third kappa shape index (κ3) is 8.41. The van der Waals surface area contributed by atoms with E-state index in [0.717, 1.165) is 13.1 Å². The van der Waals surface area contributed by atoms with E-state index in [1.807, 2.05) is 18.9 Å². The smallest absolute Gasteiger partial charge is 0.226 e. The van der Waals surface area contributed by atoms with Crippen LogP contribution in [0.15, 0.2) is 0 Å². The highest BCUT2D eigenvalue weighted by molar-refractivity contribution is 5.85. The highest BCUT2D eigenvalue weighted by atomic mass is 35.5. The monoisotopic (exact) mass is 266 g/mol. The zero-order chi connectivity index (χ0) is 12.6. The third-order valence-electron chi connectivity index (χ3n) is 2.39. The molecule has 0 aliphatic heterocycles. The quantitative estimate of drug-likeness (QED) is 0.722. The number of halogens is 1. The molecule has 0 heterocycles. The third-order valence-corrected chi connectivity index (χ3v) is 2.39. The first-order valence-electron chi connectivity index (χ1n) is 5.95. The first-order chi connectivity index (χ1) is 7.52. The predicted molar refractivity (Wildman–Crippen MR) is 73.6 cm³/mol. The molecule has 4 nitrogen and oxygen atoms in total. The number of hydrogen-bond donors (Lipinski definition) is 1. The lowest BCUT2D eigenvalue weighted by molar-refractivity contribution is -0.136. The van der Waals surface area contributed by atoms with Gasteiger partial charge >= 0.3 is 0 Å². The van der Waals surface area contributed by atoms with Crippen LogP contribution in [0.25, 0.3) is 0 Å². The number of rotatable bonds is 8. The van der Waals surface area contributed by atoms with E-state index >= 15 is 0 Å². The molecule has 1 amide bonds. The normalized spacial score (nSPS) is 12.1. The number of carbonyl (C=O) groups is 1. The molecule has 0 rings (SSSR count). The Hall–Kier alpha value is -0.320. The van der Waals surface area contributed by atoms with Gasteiger partial charge in [-0.1, -0.05) is 20.8 Å². The number of methoxy groups -OCH3 is 1. The molecule has 0 aliphatic carbocycles. The van der Waals surface area contributed by atoms with Gasteiger partial charge in [0.15, 0.2) is 0 Å². The van der Waals surface area contributed by atoms with Crippen LogP contribution in [-0.4, -0.2) is 51.2 Å². The van der Waals surface area contributed by atoms with Crippen LogP contribution < -0.4 is 5.32 Å². The summed E-state index contributed by atoms with van der Waals surface area (Å²) >= 11 is 0. The van der Waals surface area contributed by atoms with Gasteiger partial charge in [0.1, 0.15) is 0 Å². The van der Waals surface area contributed by atoms with Crippen molar-refractivity contribution in [2.24, 2.45) is 11.8 Å². The summed E-state index contributed by atoms with van der Waals surface area (Å²) in [6.07, 6.45) is 0. The molecule has 0 spiro atoms. The molecule has 0 saturated carbocycles. The van der Waals surface area contributed by atoms with Crippen LogP contribution in [0, 0.1) is 11.8 Å². The summed E-state index contributed by atoms with van der Waals surface area (Å²) in [6.45, 7) is 9.01. The minimum Gasteiger partial charge on any atom is -0.383 e. The van der Waals surface area contributed by atoms with E-state index in [9.17, 15) is 4.79 Å². The highest BCUT2D eigenvalue weighted by Crippen LogP contribution is 2.05. The summed E-state index contributed by atoms with van der Waals surface area (Å²) in [4.78, 5) is 14.0. The molecule has 104 valence electrons. The molecular formula is C12H27ClN2O2. The minimum absolute atomic E-state index is 0. The molecule has 0 bridgehead atoms. The van der Waals surface area contributed by atoms with Crippen molar-refractivity contribution in [1.82, 2.24) is 10.2 Å². The average Bonchev–Trinajstić information content (AvgIpc) is 2.23. The van der Waals surface area contributed by atoms with Gasteiger partial charge in [-0.05, 0) is 13.0 Å². The van der Waals surface area contributed by atoms with E-state index in [1.54, 1.807) is 7.11 Å². The second-order valence-corrected chi connectivity index (χ2v) is 4.63. The number of nitrogens with one attached hydrogen (secondary N) is 1. The summed E-state index contributed by atoms with van der Waals surface area (Å²) < 4.78 is 5.03. The molecule has 5 heteroatoms. The molecular weight excluding hydrogens is 240 g/mol. The molecule has 0 aromatic rings. The minimum atomic E-state index is 0. The molecule has 1 atom stereocenters. The van der Waals surface area contributed by atoms with E-state index in [1.165, 1.54) is 0 Å². The van der Waals surface area contributed by atoms with Crippen molar-refractivity contribution in [2.75, 3.05) is 40.4 Å². The zero-order valence-corrected chi connectivity index (χ0v) is 12.5. The SMILES string of the molecule is CNCC(C)C(=O)N(CCOC)CC(C)C.Cl. The Morgan fingerprint density at radius 1 is 1.35 bits per heavy atom. The Kier molecular flexibility index (Phi) is 12.1. The van der Waals surface area contributed by atoms with Gasteiger partial charge in [-0.3, -0.25) is 4.79 Å². The highest BCUT2D eigenvalue weighted by Gasteiger charge is 2.20. The fraction of sp³-hybridized carbons (Fsp3) is 0.917. The summed E-state index contributed by atoms with van der Waals surface area (Å²) in [5.41, 5.74) is 0. The number of amides is 1. The Balaban J connectivity index is 0. The molecule has 0 aromatic heterocycles. The second-order valence-electron chi connectivity index (χ2n) is 4.63. The maximum atomic E-state index is 12.1. The van der Waals surface area contributed by atoms with Gasteiger partial charge < -0.3 is 15.0 Å². The molecule has 0 saturated heterocycles. The van der Waals surface area contributed by atoms with Crippen LogP contribution in [0.1, 0.15) is 20.8 Å². The lowest BCUT2D eigenvalue weighted by atomic mass is 10.1. The van der Waals surface area contributed by atoms with Gasteiger partial charge in [-0.15, -0.1) is 12.4 Å². The van der Waals surface area contributed by atoms with Gasteiger partial charge in [-0.25, -0.2) is 0 Å². The topological polar surface area (TPSA) is 41.6 Å². The second kappa shape index (κ2) is 10.8. The molecule has 17 heavy (non-hydrogen) atoms. The van der Waals surface area contributed by atoms with E-state index in [4.69, 9.17) is 4.74 Å². The number of ether oxygens (including phenoxy) is 1. The van der Waals surface area contributed by atoms with Crippen LogP contribution in [0.5, 0.6) is 0 Å². The fourth-order valence-electron chi connectivity index (χ4n) is 1.64. The van der Waals surface area contributed by atoms with Crippen molar-refractivity contribution in [3.8, 4) is 0 Å². The van der Waals surface area contributed by atoms with E-state index < -0.39 is 0 Å². The Morgan fingerprint density at radius 3 is 2.35 bits per heavy atom. The lowest BCUT2D eigenvalue weighted by Gasteiger charge is -2.27. The van der Waals surface area contributed by atoms with Crippen LogP contribution >= 0.6 is 12.4 Å². The van der Waals surface area contributed by atoms with Crippen LogP contribution in [-0.2, 0) is 9.53 Å². The Labute approximate surface area is 111 Å². The van der Waals surface area contributed by atoms with E-state index in [2.05, 4.69) is 19.2 Å².